The van der Waals surface area contributed by atoms with E-state index in [9.17, 15) is 4.79 Å². The average Bonchev–Trinajstić information content (AvgIpc) is 2.53. The van der Waals surface area contributed by atoms with Gasteiger partial charge in [-0.05, 0) is 49.2 Å². The Balaban J connectivity index is 2.20. The van der Waals surface area contributed by atoms with E-state index in [-0.39, 0.29) is 12.4 Å². The van der Waals surface area contributed by atoms with Crippen LogP contribution in [0.4, 0.5) is 5.69 Å². The minimum atomic E-state index is -0.208. The van der Waals surface area contributed by atoms with Crippen molar-refractivity contribution >= 4 is 11.5 Å². The summed E-state index contributed by atoms with van der Waals surface area (Å²) in [6, 6.07) is 8.87. The number of hydrogen-bond acceptors (Lipinski definition) is 5. The molecule has 2 aromatic carbocycles. The fourth-order valence-electron chi connectivity index (χ4n) is 2.29. The van der Waals surface area contributed by atoms with Gasteiger partial charge >= 0.3 is 0 Å². The van der Waals surface area contributed by atoms with Crippen molar-refractivity contribution < 1.29 is 19.0 Å². The number of ketones is 1. The maximum atomic E-state index is 12.5. The number of rotatable bonds is 6. The van der Waals surface area contributed by atoms with E-state index in [0.29, 0.717) is 28.5 Å². The normalized spacial score (nSPS) is 10.3. The molecule has 0 aliphatic carbocycles. The van der Waals surface area contributed by atoms with Gasteiger partial charge in [0, 0.05) is 0 Å². The van der Waals surface area contributed by atoms with E-state index >= 15 is 0 Å². The van der Waals surface area contributed by atoms with Crippen LogP contribution in [0.2, 0.25) is 0 Å². The van der Waals surface area contributed by atoms with Gasteiger partial charge in [-0.3, -0.25) is 4.79 Å². The molecule has 23 heavy (non-hydrogen) atoms. The van der Waals surface area contributed by atoms with E-state index in [1.54, 1.807) is 31.4 Å². The molecule has 0 atom stereocenters. The molecule has 0 spiro atoms. The first-order valence-electron chi connectivity index (χ1n) is 7.21. The van der Waals surface area contributed by atoms with Crippen LogP contribution in [0.5, 0.6) is 17.2 Å². The molecule has 5 heteroatoms. The highest BCUT2D eigenvalue weighted by molar-refractivity contribution is 6.00. The van der Waals surface area contributed by atoms with Crippen molar-refractivity contribution in [3.05, 3.63) is 47.0 Å². The Bertz CT molecular complexity index is 725. The number of carbonyl (C=O) groups excluding carboxylic acids is 1. The number of nitrogens with two attached hydrogens (primary N) is 1. The Morgan fingerprint density at radius 1 is 1.00 bits per heavy atom. The number of Topliss-reactive ketones (excluding diaryl/α,β-unsaturated/α-hetero) is 1. The first-order chi connectivity index (χ1) is 11.0. The molecular formula is C18H21NO4. The van der Waals surface area contributed by atoms with Crippen LogP contribution in [0, 0.1) is 13.8 Å². The first-order valence-corrected chi connectivity index (χ1v) is 7.21. The van der Waals surface area contributed by atoms with Crippen molar-refractivity contribution in [3.63, 3.8) is 0 Å². The fourth-order valence-corrected chi connectivity index (χ4v) is 2.29. The van der Waals surface area contributed by atoms with Crippen LogP contribution in [0.25, 0.3) is 0 Å². The Kier molecular flexibility index (Phi) is 5.11. The van der Waals surface area contributed by atoms with Gasteiger partial charge in [-0.15, -0.1) is 0 Å². The highest BCUT2D eigenvalue weighted by Crippen LogP contribution is 2.29. The lowest BCUT2D eigenvalue weighted by molar-refractivity contribution is 0.0918. The second-order valence-corrected chi connectivity index (χ2v) is 5.28. The maximum absolute atomic E-state index is 12.5. The van der Waals surface area contributed by atoms with E-state index in [1.165, 1.54) is 7.11 Å². The molecular weight excluding hydrogens is 294 g/mol. The summed E-state index contributed by atoms with van der Waals surface area (Å²) in [6.45, 7) is 3.70. The Morgan fingerprint density at radius 3 is 2.30 bits per heavy atom. The molecule has 122 valence electrons. The zero-order chi connectivity index (χ0) is 17.0. The van der Waals surface area contributed by atoms with E-state index in [2.05, 4.69) is 0 Å². The largest absolute Gasteiger partial charge is 0.496 e. The predicted molar refractivity (Wildman–Crippen MR) is 89.7 cm³/mol. The van der Waals surface area contributed by atoms with Crippen molar-refractivity contribution in [2.24, 2.45) is 0 Å². The monoisotopic (exact) mass is 315 g/mol. The molecule has 0 radical (unpaired) electrons. The number of methoxy groups -OCH3 is 2. The van der Waals surface area contributed by atoms with Crippen molar-refractivity contribution in [1.29, 1.82) is 0 Å². The van der Waals surface area contributed by atoms with Crippen molar-refractivity contribution in [2.75, 3.05) is 26.6 Å². The highest BCUT2D eigenvalue weighted by atomic mass is 16.5. The number of benzene rings is 2. The summed E-state index contributed by atoms with van der Waals surface area (Å²) < 4.78 is 16.1. The summed E-state index contributed by atoms with van der Waals surface area (Å²) in [5, 5.41) is 0. The molecule has 0 unspecified atom stereocenters. The summed E-state index contributed by atoms with van der Waals surface area (Å²) in [7, 11) is 3.09. The fraction of sp³-hybridized carbons (Fsp3) is 0.278. The van der Waals surface area contributed by atoms with Gasteiger partial charge < -0.3 is 19.9 Å². The summed E-state index contributed by atoms with van der Waals surface area (Å²) in [5.41, 5.74) is 8.74. The van der Waals surface area contributed by atoms with Crippen molar-refractivity contribution in [1.82, 2.24) is 0 Å². The second-order valence-electron chi connectivity index (χ2n) is 5.28. The molecule has 2 rings (SSSR count). The zero-order valence-corrected chi connectivity index (χ0v) is 13.8. The van der Waals surface area contributed by atoms with Crippen LogP contribution >= 0.6 is 0 Å². The summed E-state index contributed by atoms with van der Waals surface area (Å²) in [4.78, 5) is 12.5. The van der Waals surface area contributed by atoms with E-state index < -0.39 is 0 Å². The molecule has 2 aromatic rings. The van der Waals surface area contributed by atoms with Crippen molar-refractivity contribution in [3.8, 4) is 17.2 Å². The number of hydrogen-bond donors (Lipinski definition) is 1. The first kappa shape index (κ1) is 16.7. The number of anilines is 1. The van der Waals surface area contributed by atoms with Crippen molar-refractivity contribution in [2.45, 2.75) is 13.8 Å². The average molecular weight is 315 g/mol. The third-order valence-electron chi connectivity index (χ3n) is 3.54. The predicted octanol–water partition coefficient (Wildman–Crippen LogP) is 3.16. The summed E-state index contributed by atoms with van der Waals surface area (Å²) in [6.07, 6.45) is 0. The van der Waals surface area contributed by atoms with Crippen LogP contribution in [-0.4, -0.2) is 26.6 Å². The Labute approximate surface area is 136 Å². The lowest BCUT2D eigenvalue weighted by Crippen LogP contribution is -2.14. The quantitative estimate of drug-likeness (QED) is 0.655. The summed E-state index contributed by atoms with van der Waals surface area (Å²) in [5.74, 6) is 1.40. The lowest BCUT2D eigenvalue weighted by atomic mass is 10.1. The minimum absolute atomic E-state index is 0.129. The Hall–Kier alpha value is -2.69. The van der Waals surface area contributed by atoms with Gasteiger partial charge in [0.15, 0.2) is 6.61 Å². The molecule has 0 saturated carbocycles. The van der Waals surface area contributed by atoms with Gasteiger partial charge in [0.25, 0.3) is 0 Å². The van der Waals surface area contributed by atoms with Gasteiger partial charge in [-0.25, -0.2) is 0 Å². The topological polar surface area (TPSA) is 70.8 Å². The van der Waals surface area contributed by atoms with E-state index in [4.69, 9.17) is 19.9 Å². The second kappa shape index (κ2) is 7.05. The van der Waals surface area contributed by atoms with Gasteiger partial charge in [0.1, 0.15) is 17.2 Å². The number of nitrogen functional groups attached to an aromatic ring is 1. The van der Waals surface area contributed by atoms with Crippen LogP contribution in [0.1, 0.15) is 21.5 Å². The van der Waals surface area contributed by atoms with Crippen LogP contribution in [0.15, 0.2) is 30.3 Å². The third kappa shape index (κ3) is 3.74. The molecule has 0 bridgehead atoms. The maximum Gasteiger partial charge on any atom is 0.204 e. The molecule has 0 amide bonds. The molecule has 0 saturated heterocycles. The van der Waals surface area contributed by atoms with Gasteiger partial charge in [-0.1, -0.05) is 6.07 Å². The molecule has 0 fully saturated rings. The molecule has 2 N–H and O–H groups in total. The van der Waals surface area contributed by atoms with Gasteiger partial charge in [0.2, 0.25) is 5.78 Å². The number of ether oxygens (including phenoxy) is 3. The SMILES string of the molecule is COc1cc(C(=O)COc2ccc(C)cc2N)c(OC)cc1C. The van der Waals surface area contributed by atoms with E-state index in [0.717, 1.165) is 11.1 Å². The Morgan fingerprint density at radius 2 is 1.70 bits per heavy atom. The summed E-state index contributed by atoms with van der Waals surface area (Å²) >= 11 is 0. The molecule has 0 aliphatic heterocycles. The number of carbonyl (C=O) groups is 1. The smallest absolute Gasteiger partial charge is 0.204 e. The molecule has 0 aliphatic rings. The standard InChI is InChI=1S/C18H21NO4/c1-11-5-6-16(14(19)7-11)23-10-15(20)13-9-17(21-3)12(2)8-18(13)22-4/h5-9H,10,19H2,1-4H3. The lowest BCUT2D eigenvalue weighted by Gasteiger charge is -2.13. The third-order valence-corrected chi connectivity index (χ3v) is 3.54. The zero-order valence-electron chi connectivity index (χ0n) is 13.8. The van der Waals surface area contributed by atoms with Crippen LogP contribution in [0.3, 0.4) is 0 Å². The molecule has 0 heterocycles. The van der Waals surface area contributed by atoms with Crippen LogP contribution in [-0.2, 0) is 0 Å². The van der Waals surface area contributed by atoms with Gasteiger partial charge in [0.05, 0.1) is 25.5 Å². The molecule has 5 nitrogen and oxygen atoms in total. The minimum Gasteiger partial charge on any atom is -0.496 e. The van der Waals surface area contributed by atoms with E-state index in [1.807, 2.05) is 19.9 Å². The number of aryl methyl sites for hydroxylation is 2. The van der Waals surface area contributed by atoms with Crippen LogP contribution < -0.4 is 19.9 Å². The molecule has 0 aromatic heterocycles. The van der Waals surface area contributed by atoms with Gasteiger partial charge in [-0.2, -0.15) is 0 Å². The highest BCUT2D eigenvalue weighted by Gasteiger charge is 2.16.